The monoisotopic (exact) mass is 672 g/mol. The summed E-state index contributed by atoms with van der Waals surface area (Å²) in [5.74, 6) is -2.21. The van der Waals surface area contributed by atoms with E-state index >= 15 is 0 Å². The van der Waals surface area contributed by atoms with Crippen LogP contribution >= 0.6 is 45.8 Å². The minimum atomic E-state index is -1.02. The Morgan fingerprint density at radius 2 is 1.63 bits per heavy atom. The van der Waals surface area contributed by atoms with Crippen LogP contribution in [-0.4, -0.2) is 37.1 Å². The van der Waals surface area contributed by atoms with Crippen LogP contribution in [-0.2, 0) is 14.4 Å². The largest absolute Gasteiger partial charge is 0.490 e. The van der Waals surface area contributed by atoms with E-state index in [0.29, 0.717) is 43.0 Å². The van der Waals surface area contributed by atoms with E-state index in [1.54, 1.807) is 37.3 Å². The van der Waals surface area contributed by atoms with E-state index in [-0.39, 0.29) is 12.3 Å². The van der Waals surface area contributed by atoms with Crippen LogP contribution in [0.4, 0.5) is 15.8 Å². The number of rotatable bonds is 9. The van der Waals surface area contributed by atoms with Gasteiger partial charge in [-0.15, -0.1) is 0 Å². The van der Waals surface area contributed by atoms with Gasteiger partial charge in [-0.1, -0.05) is 23.2 Å². The Balaban J connectivity index is 1.61. The normalized spacial score (nSPS) is 10.7. The Morgan fingerprint density at radius 3 is 2.29 bits per heavy atom. The van der Waals surface area contributed by atoms with Crippen LogP contribution in [0, 0.1) is 9.39 Å². The fraction of sp³-hybridized carbons (Fsp3) is 0.120. The van der Waals surface area contributed by atoms with Crippen LogP contribution in [0.25, 0.3) is 0 Å². The number of hydrogen-bond acceptors (Lipinski definition) is 6. The van der Waals surface area contributed by atoms with Crippen LogP contribution in [0.2, 0.25) is 10.0 Å². The lowest BCUT2D eigenvalue weighted by atomic mass is 10.2. The van der Waals surface area contributed by atoms with Gasteiger partial charge in [-0.05, 0) is 89.7 Å². The maximum absolute atomic E-state index is 13.0. The Labute approximate surface area is 240 Å². The van der Waals surface area contributed by atoms with Crippen molar-refractivity contribution in [3.8, 4) is 11.5 Å². The molecule has 0 atom stereocenters. The number of hydrazone groups is 1. The van der Waals surface area contributed by atoms with Crippen LogP contribution in [0.1, 0.15) is 12.5 Å². The summed E-state index contributed by atoms with van der Waals surface area (Å²) in [4.78, 5) is 36.4. The second kappa shape index (κ2) is 13.9. The Morgan fingerprint density at radius 1 is 0.947 bits per heavy atom. The SMILES string of the molecule is CCOc1cc(/C=N\NC(=O)C(=O)Nc2ccc(F)cc2)cc(I)c1OCC(=O)Nc1cc(Cl)cc(Cl)c1. The molecule has 9 nitrogen and oxygen atoms in total. The standard InChI is InChI=1S/C25H20Cl2FIN4O5/c1-2-37-21-8-14(12-30-33-25(36)24(35)32-18-5-3-17(28)4-6-18)7-20(29)23(21)38-13-22(34)31-19-10-15(26)9-16(27)11-19/h3-12H,2,13H2,1H3,(H,31,34)(H,32,35)(H,33,36)/b30-12-. The smallest absolute Gasteiger partial charge is 0.329 e. The molecular weight excluding hydrogens is 653 g/mol. The van der Waals surface area contributed by atoms with Crippen LogP contribution in [0.15, 0.2) is 59.7 Å². The quantitative estimate of drug-likeness (QED) is 0.124. The second-order valence-electron chi connectivity index (χ2n) is 7.42. The van der Waals surface area contributed by atoms with Crippen molar-refractivity contribution < 1.29 is 28.2 Å². The molecule has 0 spiro atoms. The van der Waals surface area contributed by atoms with Gasteiger partial charge in [0.1, 0.15) is 5.82 Å². The van der Waals surface area contributed by atoms with Crippen molar-refractivity contribution >= 4 is 81.1 Å². The topological polar surface area (TPSA) is 118 Å². The van der Waals surface area contributed by atoms with E-state index < -0.39 is 23.5 Å². The maximum Gasteiger partial charge on any atom is 0.329 e. The molecule has 0 heterocycles. The zero-order valence-electron chi connectivity index (χ0n) is 19.7. The molecule has 0 fully saturated rings. The number of benzene rings is 3. The summed E-state index contributed by atoms with van der Waals surface area (Å²) in [5, 5.41) is 9.54. The van der Waals surface area contributed by atoms with Crippen molar-refractivity contribution in [1.29, 1.82) is 0 Å². The third-order valence-corrected chi connectivity index (χ3v) is 5.75. The fourth-order valence-corrected chi connectivity index (χ4v) is 4.27. The third kappa shape index (κ3) is 8.85. The van der Waals surface area contributed by atoms with Crippen LogP contribution in [0.5, 0.6) is 11.5 Å². The molecule has 0 aromatic heterocycles. The molecule has 0 saturated heterocycles. The molecule has 13 heteroatoms. The first-order chi connectivity index (χ1) is 18.1. The number of amides is 3. The zero-order chi connectivity index (χ0) is 27.7. The number of halogens is 4. The van der Waals surface area contributed by atoms with Crippen LogP contribution < -0.4 is 25.5 Å². The highest BCUT2D eigenvalue weighted by atomic mass is 127. The summed E-state index contributed by atoms with van der Waals surface area (Å²) < 4.78 is 24.9. The van der Waals surface area contributed by atoms with Crippen molar-refractivity contribution in [1.82, 2.24) is 5.43 Å². The van der Waals surface area contributed by atoms with Gasteiger partial charge >= 0.3 is 11.8 Å². The van der Waals surface area contributed by atoms with E-state index in [9.17, 15) is 18.8 Å². The van der Waals surface area contributed by atoms with E-state index in [1.165, 1.54) is 18.3 Å². The number of carbonyl (C=O) groups excluding carboxylic acids is 3. The Bertz CT molecular complexity index is 1350. The highest BCUT2D eigenvalue weighted by Gasteiger charge is 2.15. The van der Waals surface area contributed by atoms with Crippen LogP contribution in [0.3, 0.4) is 0 Å². The molecule has 0 radical (unpaired) electrons. The average molecular weight is 673 g/mol. The third-order valence-electron chi connectivity index (χ3n) is 4.51. The summed E-state index contributed by atoms with van der Waals surface area (Å²) in [6.45, 7) is 1.79. The molecule has 0 unspecified atom stereocenters. The minimum absolute atomic E-state index is 0.257. The van der Waals surface area contributed by atoms with Gasteiger partial charge in [-0.25, -0.2) is 9.82 Å². The van der Waals surface area contributed by atoms with Gasteiger partial charge in [0.25, 0.3) is 5.91 Å². The summed E-state index contributed by atoms with van der Waals surface area (Å²) >= 11 is 13.9. The van der Waals surface area contributed by atoms with E-state index in [4.69, 9.17) is 32.7 Å². The molecule has 198 valence electrons. The lowest BCUT2D eigenvalue weighted by Crippen LogP contribution is -2.32. The molecular formula is C25H20Cl2FIN4O5. The fourth-order valence-electron chi connectivity index (χ4n) is 2.96. The first-order valence-electron chi connectivity index (χ1n) is 10.9. The van der Waals surface area contributed by atoms with Gasteiger partial charge in [0.15, 0.2) is 18.1 Å². The summed E-state index contributed by atoms with van der Waals surface area (Å²) in [6, 6.07) is 12.9. The number of ether oxygens (including phenoxy) is 2. The van der Waals surface area contributed by atoms with Gasteiger partial charge in [0.05, 0.1) is 16.4 Å². The molecule has 0 aliphatic carbocycles. The van der Waals surface area contributed by atoms with Gasteiger partial charge < -0.3 is 20.1 Å². The van der Waals surface area contributed by atoms with E-state index in [1.807, 2.05) is 22.6 Å². The summed E-state index contributed by atoms with van der Waals surface area (Å²) in [5.41, 5.74) is 3.33. The van der Waals surface area contributed by atoms with Crippen molar-refractivity contribution in [2.24, 2.45) is 5.10 Å². The first-order valence-corrected chi connectivity index (χ1v) is 12.7. The molecule has 38 heavy (non-hydrogen) atoms. The minimum Gasteiger partial charge on any atom is -0.490 e. The van der Waals surface area contributed by atoms with E-state index in [0.717, 1.165) is 12.1 Å². The molecule has 0 aliphatic heterocycles. The van der Waals surface area contributed by atoms with Crippen molar-refractivity contribution in [2.45, 2.75) is 6.92 Å². The molecule has 3 aromatic rings. The van der Waals surface area contributed by atoms with Gasteiger partial charge in [0.2, 0.25) is 0 Å². The number of carbonyl (C=O) groups is 3. The number of hydrogen-bond donors (Lipinski definition) is 3. The maximum atomic E-state index is 13.0. The lowest BCUT2D eigenvalue weighted by Gasteiger charge is -2.14. The second-order valence-corrected chi connectivity index (χ2v) is 9.45. The van der Waals surface area contributed by atoms with Crippen molar-refractivity contribution in [3.63, 3.8) is 0 Å². The highest BCUT2D eigenvalue weighted by Crippen LogP contribution is 2.34. The van der Waals surface area contributed by atoms with E-state index in [2.05, 4.69) is 21.2 Å². The molecule has 3 rings (SSSR count). The first kappa shape index (κ1) is 29.1. The van der Waals surface area contributed by atoms with Crippen molar-refractivity contribution in [3.05, 3.63) is 79.6 Å². The number of nitrogens with one attached hydrogen (secondary N) is 3. The van der Waals surface area contributed by atoms with Gasteiger partial charge in [0, 0.05) is 21.4 Å². The highest BCUT2D eigenvalue weighted by molar-refractivity contribution is 14.1. The molecule has 3 N–H and O–H groups in total. The number of nitrogens with zero attached hydrogens (tertiary/aromatic N) is 1. The molecule has 0 saturated carbocycles. The summed E-state index contributed by atoms with van der Waals surface area (Å²) in [7, 11) is 0. The van der Waals surface area contributed by atoms with Gasteiger partial charge in [-0.2, -0.15) is 5.10 Å². The summed E-state index contributed by atoms with van der Waals surface area (Å²) in [6.07, 6.45) is 1.31. The predicted molar refractivity (Wildman–Crippen MR) is 152 cm³/mol. The molecule has 3 aromatic carbocycles. The predicted octanol–water partition coefficient (Wildman–Crippen LogP) is 5.24. The average Bonchev–Trinajstić information content (AvgIpc) is 2.84. The Hall–Kier alpha value is -3.42. The molecule has 0 aliphatic rings. The lowest BCUT2D eigenvalue weighted by molar-refractivity contribution is -0.136. The zero-order valence-corrected chi connectivity index (χ0v) is 23.4. The van der Waals surface area contributed by atoms with Gasteiger partial charge in [-0.3, -0.25) is 14.4 Å². The molecule has 0 bridgehead atoms. The number of anilines is 2. The van der Waals surface area contributed by atoms with Crippen molar-refractivity contribution in [2.75, 3.05) is 23.8 Å². The molecule has 3 amide bonds. The Kier molecular flexibility index (Phi) is 10.7.